The van der Waals surface area contributed by atoms with Gasteiger partial charge in [-0.25, -0.2) is 13.4 Å². The van der Waals surface area contributed by atoms with E-state index in [-0.39, 0.29) is 11.5 Å². The van der Waals surface area contributed by atoms with E-state index in [1.807, 2.05) is 31.2 Å². The van der Waals surface area contributed by atoms with Crippen molar-refractivity contribution >= 4 is 9.84 Å². The Kier molecular flexibility index (Phi) is 3.33. The van der Waals surface area contributed by atoms with Gasteiger partial charge in [0.05, 0.1) is 5.75 Å². The van der Waals surface area contributed by atoms with E-state index in [4.69, 9.17) is 0 Å². The predicted molar refractivity (Wildman–Crippen MR) is 75.9 cm³/mol. The van der Waals surface area contributed by atoms with E-state index in [1.54, 1.807) is 0 Å². The Balaban J connectivity index is 1.69. The lowest BCUT2D eigenvalue weighted by molar-refractivity contribution is 0.593. The Morgan fingerprint density at radius 2 is 1.90 bits per heavy atom. The molecule has 1 N–H and O–H groups in total. The second kappa shape index (κ2) is 5.01. The standard InChI is InChI=1S/C14H17N3O2S/c1-10-2-4-11(5-3-10)8-20(18,19)9-13-15-14(17-16-13)12-6-7-12/h2-5,12H,6-9H2,1H3,(H,15,16,17). The summed E-state index contributed by atoms with van der Waals surface area (Å²) in [4.78, 5) is 4.27. The van der Waals surface area contributed by atoms with Gasteiger partial charge in [0.1, 0.15) is 11.6 Å². The molecule has 3 rings (SSSR count). The van der Waals surface area contributed by atoms with Crippen molar-refractivity contribution in [2.75, 3.05) is 0 Å². The third-order valence-corrected chi connectivity index (χ3v) is 4.84. The van der Waals surface area contributed by atoms with Crippen molar-refractivity contribution < 1.29 is 8.42 Å². The summed E-state index contributed by atoms with van der Waals surface area (Å²) >= 11 is 0. The van der Waals surface area contributed by atoms with Crippen molar-refractivity contribution in [3.05, 3.63) is 47.0 Å². The monoisotopic (exact) mass is 291 g/mol. The van der Waals surface area contributed by atoms with Gasteiger partial charge in [0, 0.05) is 5.92 Å². The molecule has 6 heteroatoms. The summed E-state index contributed by atoms with van der Waals surface area (Å²) in [6.45, 7) is 1.98. The fourth-order valence-corrected chi connectivity index (χ4v) is 3.44. The average molecular weight is 291 g/mol. The molecule has 1 aliphatic rings. The molecule has 20 heavy (non-hydrogen) atoms. The zero-order valence-corrected chi connectivity index (χ0v) is 12.2. The molecule has 1 heterocycles. The lowest BCUT2D eigenvalue weighted by Gasteiger charge is -2.03. The van der Waals surface area contributed by atoms with Crippen LogP contribution in [0, 0.1) is 6.92 Å². The largest absolute Gasteiger partial charge is 0.262 e. The van der Waals surface area contributed by atoms with Crippen LogP contribution in [0.3, 0.4) is 0 Å². The Morgan fingerprint density at radius 1 is 1.20 bits per heavy atom. The first-order chi connectivity index (χ1) is 9.52. The molecule has 0 saturated heterocycles. The van der Waals surface area contributed by atoms with E-state index in [0.717, 1.165) is 29.8 Å². The Labute approximate surface area is 118 Å². The van der Waals surface area contributed by atoms with Crippen molar-refractivity contribution in [2.24, 2.45) is 0 Å². The minimum Gasteiger partial charge on any atom is -0.262 e. The second-order valence-corrected chi connectivity index (χ2v) is 7.50. The van der Waals surface area contributed by atoms with Crippen molar-refractivity contribution in [1.29, 1.82) is 0 Å². The molecule has 0 unspecified atom stereocenters. The number of aryl methyl sites for hydroxylation is 1. The van der Waals surface area contributed by atoms with E-state index in [9.17, 15) is 8.42 Å². The Morgan fingerprint density at radius 3 is 2.55 bits per heavy atom. The highest BCUT2D eigenvalue weighted by Crippen LogP contribution is 2.37. The minimum absolute atomic E-state index is 0.0345. The molecule has 1 aromatic heterocycles. The Bertz CT molecular complexity index is 700. The number of nitrogens with zero attached hydrogens (tertiary/aromatic N) is 2. The third-order valence-electron chi connectivity index (χ3n) is 3.36. The molecule has 0 atom stereocenters. The molecule has 106 valence electrons. The topological polar surface area (TPSA) is 75.7 Å². The summed E-state index contributed by atoms with van der Waals surface area (Å²) in [6.07, 6.45) is 2.21. The fraction of sp³-hybridized carbons (Fsp3) is 0.429. The number of rotatable bonds is 5. The molecule has 0 aliphatic heterocycles. The summed E-state index contributed by atoms with van der Waals surface area (Å²) < 4.78 is 24.3. The maximum absolute atomic E-state index is 12.2. The number of benzene rings is 1. The van der Waals surface area contributed by atoms with Crippen LogP contribution in [0.25, 0.3) is 0 Å². The van der Waals surface area contributed by atoms with Crippen LogP contribution in [0.4, 0.5) is 0 Å². The van der Waals surface area contributed by atoms with Crippen LogP contribution in [0.1, 0.15) is 41.5 Å². The highest BCUT2D eigenvalue weighted by Gasteiger charge is 2.28. The molecule has 0 spiro atoms. The quantitative estimate of drug-likeness (QED) is 0.915. The van der Waals surface area contributed by atoms with Gasteiger partial charge in [-0.15, -0.1) is 0 Å². The van der Waals surface area contributed by atoms with Crippen molar-refractivity contribution in [2.45, 2.75) is 37.2 Å². The van der Waals surface area contributed by atoms with E-state index in [1.165, 1.54) is 0 Å². The van der Waals surface area contributed by atoms with Gasteiger partial charge < -0.3 is 0 Å². The average Bonchev–Trinajstić information content (AvgIpc) is 3.13. The summed E-state index contributed by atoms with van der Waals surface area (Å²) in [5.74, 6) is 1.58. The van der Waals surface area contributed by atoms with E-state index in [2.05, 4.69) is 15.2 Å². The van der Waals surface area contributed by atoms with Gasteiger partial charge in [-0.3, -0.25) is 5.10 Å². The van der Waals surface area contributed by atoms with Crippen molar-refractivity contribution in [1.82, 2.24) is 15.2 Å². The van der Waals surface area contributed by atoms with Gasteiger partial charge in [-0.1, -0.05) is 29.8 Å². The second-order valence-electron chi connectivity index (χ2n) is 5.43. The van der Waals surface area contributed by atoms with Crippen LogP contribution in [0.5, 0.6) is 0 Å². The van der Waals surface area contributed by atoms with Crippen LogP contribution in [-0.4, -0.2) is 23.6 Å². The molecule has 0 radical (unpaired) electrons. The number of hydrogen-bond acceptors (Lipinski definition) is 4. The maximum atomic E-state index is 12.2. The molecule has 1 saturated carbocycles. The first kappa shape index (κ1) is 13.3. The number of H-pyrrole nitrogens is 1. The first-order valence-corrected chi connectivity index (χ1v) is 8.51. The van der Waals surface area contributed by atoms with Crippen LogP contribution >= 0.6 is 0 Å². The lowest BCUT2D eigenvalue weighted by atomic mass is 10.2. The first-order valence-electron chi connectivity index (χ1n) is 6.69. The predicted octanol–water partition coefficient (Wildman–Crippen LogP) is 2.11. The van der Waals surface area contributed by atoms with Gasteiger partial charge in [-0.2, -0.15) is 5.10 Å². The number of sulfone groups is 1. The summed E-state index contributed by atoms with van der Waals surface area (Å²) in [5.41, 5.74) is 1.92. The summed E-state index contributed by atoms with van der Waals surface area (Å²) in [6, 6.07) is 7.54. The zero-order chi connectivity index (χ0) is 14.2. The molecule has 2 aromatic rings. The van der Waals surface area contributed by atoms with E-state index in [0.29, 0.717) is 11.7 Å². The molecule has 1 aliphatic carbocycles. The van der Waals surface area contributed by atoms with Crippen LogP contribution in [-0.2, 0) is 21.3 Å². The highest BCUT2D eigenvalue weighted by molar-refractivity contribution is 7.89. The molecular weight excluding hydrogens is 274 g/mol. The van der Waals surface area contributed by atoms with Crippen LogP contribution < -0.4 is 0 Å². The number of hydrogen-bond donors (Lipinski definition) is 1. The molecular formula is C14H17N3O2S. The smallest absolute Gasteiger partial charge is 0.161 e. The maximum Gasteiger partial charge on any atom is 0.161 e. The molecule has 0 bridgehead atoms. The SMILES string of the molecule is Cc1ccc(CS(=O)(=O)Cc2nc(C3CC3)n[nH]2)cc1. The molecule has 0 amide bonds. The fourth-order valence-electron chi connectivity index (χ4n) is 2.10. The lowest BCUT2D eigenvalue weighted by Crippen LogP contribution is -2.09. The molecule has 1 fully saturated rings. The normalized spacial score (nSPS) is 15.4. The summed E-state index contributed by atoms with van der Waals surface area (Å²) in [5, 5.41) is 6.82. The zero-order valence-electron chi connectivity index (χ0n) is 11.3. The number of aromatic amines is 1. The van der Waals surface area contributed by atoms with Gasteiger partial charge in [0.2, 0.25) is 0 Å². The van der Waals surface area contributed by atoms with E-state index < -0.39 is 9.84 Å². The third kappa shape index (κ3) is 3.25. The number of nitrogens with one attached hydrogen (secondary N) is 1. The number of aromatic nitrogens is 3. The summed E-state index contributed by atoms with van der Waals surface area (Å²) in [7, 11) is -3.23. The van der Waals surface area contributed by atoms with Gasteiger partial charge in [0.25, 0.3) is 0 Å². The Hall–Kier alpha value is -1.69. The minimum atomic E-state index is -3.23. The molecule has 5 nitrogen and oxygen atoms in total. The van der Waals surface area contributed by atoms with Crippen molar-refractivity contribution in [3.63, 3.8) is 0 Å². The van der Waals surface area contributed by atoms with E-state index >= 15 is 0 Å². The van der Waals surface area contributed by atoms with Crippen molar-refractivity contribution in [3.8, 4) is 0 Å². The van der Waals surface area contributed by atoms with Gasteiger partial charge >= 0.3 is 0 Å². The highest BCUT2D eigenvalue weighted by atomic mass is 32.2. The van der Waals surface area contributed by atoms with Gasteiger partial charge in [0.15, 0.2) is 15.7 Å². The van der Waals surface area contributed by atoms with Gasteiger partial charge in [-0.05, 0) is 25.3 Å². The van der Waals surface area contributed by atoms with Crippen LogP contribution in [0.2, 0.25) is 0 Å². The molecule has 1 aromatic carbocycles. The van der Waals surface area contributed by atoms with Crippen LogP contribution in [0.15, 0.2) is 24.3 Å².